The number of methoxy groups -OCH3 is 1. The Morgan fingerprint density at radius 1 is 1.07 bits per heavy atom. The number of carbonyl (C=O) groups is 2. The van der Waals surface area contributed by atoms with Crippen LogP contribution in [0.25, 0.3) is 10.9 Å². The van der Waals surface area contributed by atoms with Gasteiger partial charge in [0, 0.05) is 30.2 Å². The first-order chi connectivity index (χ1) is 14.1. The SMILES string of the molecule is COC(=O)c1cn(CC(=O)NCCCN(C)Cc2ccccc2)c2ccccc12. The number of aromatic nitrogens is 1. The van der Waals surface area contributed by atoms with Crippen molar-refractivity contribution in [2.45, 2.75) is 19.5 Å². The van der Waals surface area contributed by atoms with Crippen LogP contribution in [0, 0.1) is 0 Å². The van der Waals surface area contributed by atoms with Crippen LogP contribution in [0.2, 0.25) is 0 Å². The van der Waals surface area contributed by atoms with Gasteiger partial charge in [-0.05, 0) is 31.6 Å². The Labute approximate surface area is 171 Å². The normalized spacial score (nSPS) is 11.0. The molecule has 0 unspecified atom stereocenters. The van der Waals surface area contributed by atoms with Gasteiger partial charge in [-0.1, -0.05) is 48.5 Å². The number of nitrogens with zero attached hydrogens (tertiary/aromatic N) is 2. The van der Waals surface area contributed by atoms with Crippen LogP contribution in [-0.2, 0) is 22.6 Å². The lowest BCUT2D eigenvalue weighted by atomic mass is 10.2. The van der Waals surface area contributed by atoms with E-state index in [2.05, 4.69) is 29.4 Å². The van der Waals surface area contributed by atoms with Crippen LogP contribution in [0.3, 0.4) is 0 Å². The van der Waals surface area contributed by atoms with E-state index in [1.165, 1.54) is 12.7 Å². The van der Waals surface area contributed by atoms with Gasteiger partial charge < -0.3 is 19.5 Å². The number of amides is 1. The Bertz CT molecular complexity index is 966. The molecule has 0 fully saturated rings. The van der Waals surface area contributed by atoms with E-state index in [4.69, 9.17) is 4.74 Å². The number of rotatable bonds is 9. The smallest absolute Gasteiger partial charge is 0.340 e. The lowest BCUT2D eigenvalue weighted by Gasteiger charge is -2.16. The van der Waals surface area contributed by atoms with Crippen molar-refractivity contribution in [3.05, 3.63) is 71.9 Å². The topological polar surface area (TPSA) is 63.6 Å². The summed E-state index contributed by atoms with van der Waals surface area (Å²) in [5.74, 6) is -0.477. The number of benzene rings is 2. The maximum atomic E-state index is 12.4. The Hall–Kier alpha value is -3.12. The van der Waals surface area contributed by atoms with Gasteiger partial charge in [-0.3, -0.25) is 4.79 Å². The zero-order chi connectivity index (χ0) is 20.6. The highest BCUT2D eigenvalue weighted by atomic mass is 16.5. The van der Waals surface area contributed by atoms with Crippen LogP contribution < -0.4 is 5.32 Å². The minimum Gasteiger partial charge on any atom is -0.465 e. The zero-order valence-corrected chi connectivity index (χ0v) is 16.9. The van der Waals surface area contributed by atoms with Crippen molar-refractivity contribution in [3.63, 3.8) is 0 Å². The van der Waals surface area contributed by atoms with E-state index in [1.807, 2.05) is 42.5 Å². The number of para-hydroxylation sites is 1. The van der Waals surface area contributed by atoms with Crippen LogP contribution >= 0.6 is 0 Å². The third kappa shape index (κ3) is 5.45. The highest BCUT2D eigenvalue weighted by Gasteiger charge is 2.16. The summed E-state index contributed by atoms with van der Waals surface area (Å²) in [5.41, 5.74) is 2.59. The Kier molecular flexibility index (Phi) is 7.03. The van der Waals surface area contributed by atoms with Crippen molar-refractivity contribution in [1.82, 2.24) is 14.8 Å². The second kappa shape index (κ2) is 9.89. The van der Waals surface area contributed by atoms with Crippen LogP contribution in [0.4, 0.5) is 0 Å². The number of esters is 1. The molecular weight excluding hydrogens is 366 g/mol. The Balaban J connectivity index is 1.49. The minimum atomic E-state index is -0.401. The predicted octanol–water partition coefficient (Wildman–Crippen LogP) is 3.07. The molecule has 0 aliphatic carbocycles. The molecular formula is C23H27N3O3. The summed E-state index contributed by atoms with van der Waals surface area (Å²) < 4.78 is 6.64. The summed E-state index contributed by atoms with van der Waals surface area (Å²) in [6.07, 6.45) is 2.55. The van der Waals surface area contributed by atoms with E-state index in [-0.39, 0.29) is 12.5 Å². The molecule has 1 N–H and O–H groups in total. The standard InChI is InChI=1S/C23H27N3O3/c1-25(15-18-9-4-3-5-10-18)14-8-13-24-22(27)17-26-16-20(23(28)29-2)19-11-6-7-12-21(19)26/h3-7,9-12,16H,8,13-15,17H2,1-2H3,(H,24,27). The van der Waals surface area contributed by atoms with Gasteiger partial charge >= 0.3 is 5.97 Å². The molecule has 0 spiro atoms. The Morgan fingerprint density at radius 3 is 2.55 bits per heavy atom. The van der Waals surface area contributed by atoms with Crippen molar-refractivity contribution in [1.29, 1.82) is 0 Å². The molecule has 0 atom stereocenters. The second-order valence-electron chi connectivity index (χ2n) is 7.11. The molecule has 0 radical (unpaired) electrons. The minimum absolute atomic E-state index is 0.0760. The summed E-state index contributed by atoms with van der Waals surface area (Å²) in [6.45, 7) is 2.56. The molecule has 6 nitrogen and oxygen atoms in total. The molecule has 3 aromatic rings. The molecule has 0 bridgehead atoms. The van der Waals surface area contributed by atoms with E-state index in [0.29, 0.717) is 12.1 Å². The van der Waals surface area contributed by atoms with E-state index >= 15 is 0 Å². The summed E-state index contributed by atoms with van der Waals surface area (Å²) in [7, 11) is 3.44. The van der Waals surface area contributed by atoms with Gasteiger partial charge in [0.05, 0.1) is 12.7 Å². The summed E-state index contributed by atoms with van der Waals surface area (Å²) in [5, 5.41) is 3.75. The van der Waals surface area contributed by atoms with Crippen LogP contribution in [0.5, 0.6) is 0 Å². The molecule has 3 rings (SSSR count). The number of hydrogen-bond acceptors (Lipinski definition) is 4. The first-order valence-electron chi connectivity index (χ1n) is 9.74. The molecule has 29 heavy (non-hydrogen) atoms. The number of carbonyl (C=O) groups excluding carboxylic acids is 2. The largest absolute Gasteiger partial charge is 0.465 e. The van der Waals surface area contributed by atoms with Crippen LogP contribution in [-0.4, -0.2) is 48.6 Å². The lowest BCUT2D eigenvalue weighted by Crippen LogP contribution is -2.30. The summed E-state index contributed by atoms with van der Waals surface area (Å²) >= 11 is 0. The fourth-order valence-corrected chi connectivity index (χ4v) is 3.41. The van der Waals surface area contributed by atoms with Gasteiger partial charge in [0.1, 0.15) is 6.54 Å². The second-order valence-corrected chi connectivity index (χ2v) is 7.11. The molecule has 152 valence electrons. The molecule has 0 aliphatic rings. The molecule has 0 saturated carbocycles. The molecule has 1 heterocycles. The fraction of sp³-hybridized carbons (Fsp3) is 0.304. The van der Waals surface area contributed by atoms with Crippen molar-refractivity contribution >= 4 is 22.8 Å². The van der Waals surface area contributed by atoms with Crippen molar-refractivity contribution < 1.29 is 14.3 Å². The maximum Gasteiger partial charge on any atom is 0.340 e. The third-order valence-electron chi connectivity index (χ3n) is 4.84. The number of hydrogen-bond donors (Lipinski definition) is 1. The maximum absolute atomic E-state index is 12.4. The van der Waals surface area contributed by atoms with Crippen molar-refractivity contribution in [2.75, 3.05) is 27.2 Å². The number of ether oxygens (including phenoxy) is 1. The van der Waals surface area contributed by atoms with Gasteiger partial charge in [0.15, 0.2) is 0 Å². The van der Waals surface area contributed by atoms with Gasteiger partial charge in [-0.25, -0.2) is 4.79 Å². The molecule has 0 saturated heterocycles. The van der Waals surface area contributed by atoms with Gasteiger partial charge in [-0.2, -0.15) is 0 Å². The average molecular weight is 393 g/mol. The molecule has 1 aromatic heterocycles. The van der Waals surface area contributed by atoms with Crippen LogP contribution in [0.15, 0.2) is 60.8 Å². The van der Waals surface area contributed by atoms with Gasteiger partial charge in [0.2, 0.25) is 5.91 Å². The lowest BCUT2D eigenvalue weighted by molar-refractivity contribution is -0.121. The zero-order valence-electron chi connectivity index (χ0n) is 16.9. The molecule has 6 heteroatoms. The van der Waals surface area contributed by atoms with Crippen LogP contribution in [0.1, 0.15) is 22.3 Å². The fourth-order valence-electron chi connectivity index (χ4n) is 3.41. The first-order valence-corrected chi connectivity index (χ1v) is 9.74. The molecule has 1 amide bonds. The summed E-state index contributed by atoms with van der Waals surface area (Å²) in [6, 6.07) is 17.8. The van der Waals surface area contributed by atoms with Gasteiger partial charge in [0.25, 0.3) is 0 Å². The first kappa shape index (κ1) is 20.6. The highest BCUT2D eigenvalue weighted by Crippen LogP contribution is 2.21. The molecule has 2 aromatic carbocycles. The van der Waals surface area contributed by atoms with E-state index < -0.39 is 5.97 Å². The molecule has 0 aliphatic heterocycles. The summed E-state index contributed by atoms with van der Waals surface area (Å²) in [4.78, 5) is 26.6. The van der Waals surface area contributed by atoms with Gasteiger partial charge in [-0.15, -0.1) is 0 Å². The van der Waals surface area contributed by atoms with Crippen molar-refractivity contribution in [2.24, 2.45) is 0 Å². The monoisotopic (exact) mass is 393 g/mol. The van der Waals surface area contributed by atoms with E-state index in [1.54, 1.807) is 10.8 Å². The van der Waals surface area contributed by atoms with E-state index in [9.17, 15) is 9.59 Å². The number of nitrogens with one attached hydrogen (secondary N) is 1. The quantitative estimate of drug-likeness (QED) is 0.448. The van der Waals surface area contributed by atoms with Crippen molar-refractivity contribution in [3.8, 4) is 0 Å². The average Bonchev–Trinajstić information content (AvgIpc) is 3.10. The Morgan fingerprint density at radius 2 is 1.79 bits per heavy atom. The third-order valence-corrected chi connectivity index (χ3v) is 4.84. The number of fused-ring (bicyclic) bond motifs is 1. The highest BCUT2D eigenvalue weighted by molar-refractivity contribution is 6.04. The van der Waals surface area contributed by atoms with E-state index in [0.717, 1.165) is 30.4 Å². The predicted molar refractivity (Wildman–Crippen MR) is 114 cm³/mol.